The van der Waals surface area contributed by atoms with E-state index in [1.807, 2.05) is 6.07 Å². The molecule has 2 nitrogen and oxygen atoms in total. The van der Waals surface area contributed by atoms with E-state index in [2.05, 4.69) is 36.8 Å². The molecule has 0 saturated heterocycles. The maximum absolute atomic E-state index is 11.0. The van der Waals surface area contributed by atoms with E-state index in [0.717, 1.165) is 10.2 Å². The van der Waals surface area contributed by atoms with Crippen LogP contribution in [0, 0.1) is 0 Å². The Kier molecular flexibility index (Phi) is 3.40. The van der Waals surface area contributed by atoms with E-state index < -0.39 is 0 Å². The minimum atomic E-state index is -0.0153. The summed E-state index contributed by atoms with van der Waals surface area (Å²) in [5.74, 6) is -0.0153. The van der Waals surface area contributed by atoms with Gasteiger partial charge in [0.05, 0.1) is 5.69 Å². The quantitative estimate of drug-likeness (QED) is 0.620. The number of Topliss-reactive ketones (excluding diaryl/α,β-unsaturated/α-hetero) is 1. The van der Waals surface area contributed by atoms with E-state index >= 15 is 0 Å². The first-order chi connectivity index (χ1) is 5.63. The van der Waals surface area contributed by atoms with Crippen LogP contribution in [0.4, 0.5) is 0 Å². The smallest absolute Gasteiger partial charge is 0.178 e. The molecule has 0 amide bonds. The van der Waals surface area contributed by atoms with E-state index in [0.29, 0.717) is 11.0 Å². The second-order valence-electron chi connectivity index (χ2n) is 2.35. The second-order valence-corrected chi connectivity index (χ2v) is 3.83. The number of alkyl halides is 1. The van der Waals surface area contributed by atoms with Crippen molar-refractivity contribution >= 4 is 37.6 Å². The highest BCUT2D eigenvalue weighted by atomic mass is 79.9. The molecule has 0 aliphatic rings. The molecule has 0 bridgehead atoms. The van der Waals surface area contributed by atoms with Gasteiger partial charge in [0.1, 0.15) is 5.69 Å². The van der Waals surface area contributed by atoms with E-state index in [1.165, 1.54) is 6.92 Å². The Bertz CT molecular complexity index is 312. The largest absolute Gasteiger partial charge is 0.293 e. The number of carbonyl (C=O) groups excluding carboxylic acids is 1. The van der Waals surface area contributed by atoms with Crippen molar-refractivity contribution in [3.63, 3.8) is 0 Å². The van der Waals surface area contributed by atoms with Gasteiger partial charge >= 0.3 is 0 Å². The maximum Gasteiger partial charge on any atom is 0.178 e. The van der Waals surface area contributed by atoms with E-state index in [4.69, 9.17) is 0 Å². The van der Waals surface area contributed by atoms with Crippen molar-refractivity contribution < 1.29 is 4.79 Å². The number of rotatable bonds is 2. The molecule has 0 aliphatic carbocycles. The summed E-state index contributed by atoms with van der Waals surface area (Å²) in [6, 6.07) is 3.59. The Morgan fingerprint density at radius 1 is 1.58 bits per heavy atom. The first-order valence-corrected chi connectivity index (χ1v) is 5.28. The molecule has 0 aromatic carbocycles. The van der Waals surface area contributed by atoms with Crippen LogP contribution in [0.25, 0.3) is 0 Å². The van der Waals surface area contributed by atoms with Crippen molar-refractivity contribution in [1.29, 1.82) is 0 Å². The summed E-state index contributed by atoms with van der Waals surface area (Å²) in [5.41, 5.74) is 1.36. The van der Waals surface area contributed by atoms with Gasteiger partial charge in [0.25, 0.3) is 0 Å². The second kappa shape index (κ2) is 4.14. The molecule has 0 N–H and O–H groups in total. The predicted octanol–water partition coefficient (Wildman–Crippen LogP) is 2.94. The lowest BCUT2D eigenvalue weighted by Gasteiger charge is -1.99. The molecule has 1 aromatic heterocycles. The van der Waals surface area contributed by atoms with Crippen molar-refractivity contribution in [2.45, 2.75) is 12.3 Å². The topological polar surface area (TPSA) is 30.0 Å². The molecule has 0 saturated carbocycles. The van der Waals surface area contributed by atoms with Crippen LogP contribution in [-0.2, 0) is 5.33 Å². The third-order valence-corrected chi connectivity index (χ3v) is 2.37. The molecule has 0 fully saturated rings. The molecule has 1 rings (SSSR count). The Morgan fingerprint density at radius 2 is 2.25 bits per heavy atom. The molecule has 0 aliphatic heterocycles. The normalized spacial score (nSPS) is 9.92. The molecular weight excluding hydrogens is 286 g/mol. The molecular formula is C8H7Br2NO. The van der Waals surface area contributed by atoms with Crippen molar-refractivity contribution in [3.8, 4) is 0 Å². The molecule has 1 aromatic rings. The van der Waals surface area contributed by atoms with Crippen LogP contribution in [0.1, 0.15) is 23.1 Å². The van der Waals surface area contributed by atoms with Gasteiger partial charge in [-0.2, -0.15) is 0 Å². The fourth-order valence-electron chi connectivity index (χ4n) is 0.800. The van der Waals surface area contributed by atoms with Crippen LogP contribution in [0.2, 0.25) is 0 Å². The van der Waals surface area contributed by atoms with Crippen LogP contribution in [0.15, 0.2) is 16.6 Å². The molecule has 0 unspecified atom stereocenters. The van der Waals surface area contributed by atoms with Gasteiger partial charge in [-0.3, -0.25) is 4.79 Å². The minimum Gasteiger partial charge on any atom is -0.293 e. The summed E-state index contributed by atoms with van der Waals surface area (Å²) in [6.07, 6.45) is 0. The predicted molar refractivity (Wildman–Crippen MR) is 54.6 cm³/mol. The van der Waals surface area contributed by atoms with Crippen LogP contribution < -0.4 is 0 Å². The molecule has 1 heterocycles. The summed E-state index contributed by atoms with van der Waals surface area (Å²) in [4.78, 5) is 15.1. The van der Waals surface area contributed by atoms with Gasteiger partial charge < -0.3 is 0 Å². The zero-order valence-electron chi connectivity index (χ0n) is 6.47. The monoisotopic (exact) mass is 291 g/mol. The fraction of sp³-hybridized carbons (Fsp3) is 0.250. The average molecular weight is 293 g/mol. The Hall–Kier alpha value is -0.220. The Balaban J connectivity index is 3.15. The summed E-state index contributed by atoms with van der Waals surface area (Å²) >= 11 is 6.59. The Labute approximate surface area is 87.6 Å². The highest BCUT2D eigenvalue weighted by Crippen LogP contribution is 2.14. The van der Waals surface area contributed by atoms with Gasteiger partial charge in [-0.25, -0.2) is 4.98 Å². The molecule has 0 radical (unpaired) electrons. The number of hydrogen-bond donors (Lipinski definition) is 0. The van der Waals surface area contributed by atoms with Crippen molar-refractivity contribution in [2.75, 3.05) is 0 Å². The van der Waals surface area contributed by atoms with Crippen LogP contribution >= 0.6 is 31.9 Å². The maximum atomic E-state index is 11.0. The zero-order valence-corrected chi connectivity index (χ0v) is 9.65. The molecule has 4 heteroatoms. The number of carbonyl (C=O) groups is 1. The van der Waals surface area contributed by atoms with Gasteiger partial charge in [0.15, 0.2) is 5.78 Å². The van der Waals surface area contributed by atoms with Crippen molar-refractivity contribution in [3.05, 3.63) is 28.0 Å². The van der Waals surface area contributed by atoms with Gasteiger partial charge in [0, 0.05) is 16.7 Å². The number of hydrogen-bond acceptors (Lipinski definition) is 2. The third kappa shape index (κ3) is 2.38. The lowest BCUT2D eigenvalue weighted by atomic mass is 10.2. The van der Waals surface area contributed by atoms with Crippen LogP contribution in [-0.4, -0.2) is 10.8 Å². The summed E-state index contributed by atoms with van der Waals surface area (Å²) in [6.45, 7) is 1.51. The van der Waals surface area contributed by atoms with Gasteiger partial charge in [-0.1, -0.05) is 31.9 Å². The lowest BCUT2D eigenvalue weighted by Crippen LogP contribution is -1.99. The van der Waals surface area contributed by atoms with Crippen LogP contribution in [0.5, 0.6) is 0 Å². The highest BCUT2D eigenvalue weighted by Gasteiger charge is 2.03. The third-order valence-electron chi connectivity index (χ3n) is 1.34. The van der Waals surface area contributed by atoms with Crippen molar-refractivity contribution in [2.24, 2.45) is 0 Å². The van der Waals surface area contributed by atoms with E-state index in [9.17, 15) is 4.79 Å². The number of ketones is 1. The number of nitrogens with zero attached hydrogens (tertiary/aromatic N) is 1. The van der Waals surface area contributed by atoms with E-state index in [1.54, 1.807) is 6.07 Å². The Morgan fingerprint density at radius 3 is 2.75 bits per heavy atom. The van der Waals surface area contributed by atoms with Crippen LogP contribution in [0.3, 0.4) is 0 Å². The first kappa shape index (κ1) is 9.86. The summed E-state index contributed by atoms with van der Waals surface area (Å²) in [5, 5.41) is 0.659. The lowest BCUT2D eigenvalue weighted by molar-refractivity contribution is 0.101. The molecule has 0 spiro atoms. The molecule has 12 heavy (non-hydrogen) atoms. The standard InChI is InChI=1S/C8H7Br2NO/c1-5(12)8-3-6(10)2-7(4-9)11-8/h2-3H,4H2,1H3. The van der Waals surface area contributed by atoms with E-state index in [-0.39, 0.29) is 5.78 Å². The average Bonchev–Trinajstić information content (AvgIpc) is 2.03. The zero-order chi connectivity index (χ0) is 9.14. The molecule has 64 valence electrons. The summed E-state index contributed by atoms with van der Waals surface area (Å²) in [7, 11) is 0. The number of pyridine rings is 1. The number of halogens is 2. The first-order valence-electron chi connectivity index (χ1n) is 3.37. The SMILES string of the molecule is CC(=O)c1cc(Br)cc(CBr)n1. The summed E-state index contributed by atoms with van der Waals surface area (Å²) < 4.78 is 0.886. The van der Waals surface area contributed by atoms with Gasteiger partial charge in [0.2, 0.25) is 0 Å². The van der Waals surface area contributed by atoms with Gasteiger partial charge in [-0.05, 0) is 12.1 Å². The van der Waals surface area contributed by atoms with Crippen molar-refractivity contribution in [1.82, 2.24) is 4.98 Å². The fourth-order valence-corrected chi connectivity index (χ4v) is 1.57. The number of aromatic nitrogens is 1. The highest BCUT2D eigenvalue weighted by molar-refractivity contribution is 9.10. The van der Waals surface area contributed by atoms with Gasteiger partial charge in [-0.15, -0.1) is 0 Å². The molecule has 0 atom stereocenters. The minimum absolute atomic E-state index is 0.0153.